The van der Waals surface area contributed by atoms with Gasteiger partial charge in [-0.05, 0) is 48.5 Å². The SMILES string of the molecule is C=CCOc1ccc(N(CC=C)S(=O)(=O)c2ccc(Cl)cc2)cc1. The van der Waals surface area contributed by atoms with E-state index in [0.29, 0.717) is 23.1 Å². The van der Waals surface area contributed by atoms with Crippen molar-refractivity contribution in [1.82, 2.24) is 0 Å². The van der Waals surface area contributed by atoms with E-state index in [1.807, 2.05) is 0 Å². The Balaban J connectivity index is 2.35. The highest BCUT2D eigenvalue weighted by Gasteiger charge is 2.23. The van der Waals surface area contributed by atoms with E-state index in [-0.39, 0.29) is 11.4 Å². The summed E-state index contributed by atoms with van der Waals surface area (Å²) < 4.78 is 32.5. The van der Waals surface area contributed by atoms with Crippen LogP contribution >= 0.6 is 11.6 Å². The minimum atomic E-state index is -3.72. The minimum Gasteiger partial charge on any atom is -0.490 e. The maximum atomic E-state index is 12.9. The first-order chi connectivity index (χ1) is 11.5. The zero-order chi connectivity index (χ0) is 17.6. The molecule has 0 aromatic heterocycles. The van der Waals surface area contributed by atoms with Crippen LogP contribution in [0, 0.1) is 0 Å². The molecule has 0 aliphatic carbocycles. The number of benzene rings is 2. The molecular formula is C18H18ClNO3S. The molecule has 0 unspecified atom stereocenters. The summed E-state index contributed by atoms with van der Waals surface area (Å²) in [7, 11) is -3.72. The Morgan fingerprint density at radius 2 is 1.62 bits per heavy atom. The highest BCUT2D eigenvalue weighted by Crippen LogP contribution is 2.26. The van der Waals surface area contributed by atoms with Crippen LogP contribution in [0.4, 0.5) is 5.69 Å². The standard InChI is InChI=1S/C18H18ClNO3S/c1-3-13-20(16-7-9-17(10-8-16)23-14-4-2)24(21,22)18-11-5-15(19)6-12-18/h3-12H,1-2,13-14H2. The van der Waals surface area contributed by atoms with Crippen molar-refractivity contribution in [2.75, 3.05) is 17.5 Å². The van der Waals surface area contributed by atoms with Crippen LogP contribution in [0.15, 0.2) is 78.7 Å². The van der Waals surface area contributed by atoms with Gasteiger partial charge in [0.25, 0.3) is 10.0 Å². The van der Waals surface area contributed by atoms with Gasteiger partial charge >= 0.3 is 0 Å². The molecule has 0 aliphatic heterocycles. The zero-order valence-electron chi connectivity index (χ0n) is 13.1. The molecule has 0 saturated carbocycles. The molecule has 2 aromatic rings. The first-order valence-corrected chi connectivity index (χ1v) is 9.04. The van der Waals surface area contributed by atoms with Gasteiger partial charge in [-0.25, -0.2) is 8.42 Å². The van der Waals surface area contributed by atoms with Gasteiger partial charge in [0.2, 0.25) is 0 Å². The van der Waals surface area contributed by atoms with E-state index in [4.69, 9.17) is 16.3 Å². The van der Waals surface area contributed by atoms with Crippen LogP contribution in [0.5, 0.6) is 5.75 Å². The van der Waals surface area contributed by atoms with Crippen molar-refractivity contribution in [3.8, 4) is 5.75 Å². The fourth-order valence-electron chi connectivity index (χ4n) is 2.06. The zero-order valence-corrected chi connectivity index (χ0v) is 14.6. The Morgan fingerprint density at radius 1 is 1.00 bits per heavy atom. The van der Waals surface area contributed by atoms with Crippen molar-refractivity contribution in [2.45, 2.75) is 4.90 Å². The van der Waals surface area contributed by atoms with Crippen molar-refractivity contribution in [1.29, 1.82) is 0 Å². The predicted octanol–water partition coefficient (Wildman–Crippen LogP) is 4.29. The third-order valence-corrected chi connectivity index (χ3v) is 5.25. The molecule has 6 heteroatoms. The Kier molecular flexibility index (Phi) is 6.06. The molecule has 0 saturated heterocycles. The highest BCUT2D eigenvalue weighted by molar-refractivity contribution is 7.92. The van der Waals surface area contributed by atoms with Gasteiger partial charge in [0.1, 0.15) is 12.4 Å². The van der Waals surface area contributed by atoms with Crippen LogP contribution in [-0.4, -0.2) is 21.6 Å². The van der Waals surface area contributed by atoms with E-state index in [1.165, 1.54) is 22.5 Å². The van der Waals surface area contributed by atoms with E-state index in [2.05, 4.69) is 13.2 Å². The van der Waals surface area contributed by atoms with Gasteiger partial charge < -0.3 is 4.74 Å². The summed E-state index contributed by atoms with van der Waals surface area (Å²) in [6, 6.07) is 12.9. The summed E-state index contributed by atoms with van der Waals surface area (Å²) >= 11 is 5.83. The van der Waals surface area contributed by atoms with Gasteiger partial charge in [-0.1, -0.05) is 30.3 Å². The lowest BCUT2D eigenvalue weighted by Crippen LogP contribution is -2.31. The smallest absolute Gasteiger partial charge is 0.264 e. The number of ether oxygens (including phenoxy) is 1. The summed E-state index contributed by atoms with van der Waals surface area (Å²) in [5.74, 6) is 0.640. The molecule has 0 amide bonds. The third kappa shape index (κ3) is 4.19. The van der Waals surface area contributed by atoms with Gasteiger partial charge in [-0.2, -0.15) is 0 Å². The van der Waals surface area contributed by atoms with Crippen LogP contribution in [0.25, 0.3) is 0 Å². The van der Waals surface area contributed by atoms with Crippen molar-refractivity contribution < 1.29 is 13.2 Å². The second-order valence-electron chi connectivity index (χ2n) is 4.87. The second kappa shape index (κ2) is 8.04. The molecular weight excluding hydrogens is 346 g/mol. The molecule has 0 aliphatic rings. The maximum absolute atomic E-state index is 12.9. The van der Waals surface area contributed by atoms with Crippen LogP contribution in [0.3, 0.4) is 0 Å². The number of nitrogens with zero attached hydrogens (tertiary/aromatic N) is 1. The Hall–Kier alpha value is -2.24. The molecule has 0 radical (unpaired) electrons. The number of hydrogen-bond donors (Lipinski definition) is 0. The minimum absolute atomic E-state index is 0.151. The number of sulfonamides is 1. The van der Waals surface area contributed by atoms with E-state index in [1.54, 1.807) is 42.5 Å². The maximum Gasteiger partial charge on any atom is 0.264 e. The van der Waals surface area contributed by atoms with Crippen LogP contribution in [-0.2, 0) is 10.0 Å². The first kappa shape index (κ1) is 18.1. The third-order valence-electron chi connectivity index (χ3n) is 3.19. The Morgan fingerprint density at radius 3 is 2.17 bits per heavy atom. The summed E-state index contributed by atoms with van der Waals surface area (Å²) in [5.41, 5.74) is 0.524. The van der Waals surface area contributed by atoms with Crippen LogP contribution in [0.1, 0.15) is 0 Å². The monoisotopic (exact) mass is 363 g/mol. The lowest BCUT2D eigenvalue weighted by Gasteiger charge is -2.23. The fourth-order valence-corrected chi connectivity index (χ4v) is 3.62. The molecule has 4 nitrogen and oxygen atoms in total. The number of halogens is 1. The summed E-state index contributed by atoms with van der Waals surface area (Å²) in [6.45, 7) is 7.77. The van der Waals surface area contributed by atoms with Crippen molar-refractivity contribution in [3.05, 3.63) is 78.9 Å². The largest absolute Gasteiger partial charge is 0.490 e. The summed E-state index contributed by atoms with van der Waals surface area (Å²) in [6.07, 6.45) is 3.18. The van der Waals surface area contributed by atoms with Gasteiger partial charge in [-0.3, -0.25) is 4.31 Å². The lowest BCUT2D eigenvalue weighted by atomic mass is 10.3. The second-order valence-corrected chi connectivity index (χ2v) is 7.17. The number of rotatable bonds is 8. The molecule has 0 heterocycles. The van der Waals surface area contributed by atoms with E-state index >= 15 is 0 Å². The molecule has 2 rings (SSSR count). The number of anilines is 1. The first-order valence-electron chi connectivity index (χ1n) is 7.22. The van der Waals surface area contributed by atoms with Crippen molar-refractivity contribution >= 4 is 27.3 Å². The average Bonchev–Trinajstić information content (AvgIpc) is 2.58. The Bertz CT molecular complexity index is 799. The summed E-state index contributed by atoms with van der Waals surface area (Å²) in [5, 5.41) is 0.480. The average molecular weight is 364 g/mol. The normalized spacial score (nSPS) is 10.9. The van der Waals surface area contributed by atoms with E-state index in [9.17, 15) is 8.42 Å². The molecule has 2 aromatic carbocycles. The predicted molar refractivity (Wildman–Crippen MR) is 98.3 cm³/mol. The quantitative estimate of drug-likeness (QED) is 0.657. The van der Waals surface area contributed by atoms with Crippen LogP contribution in [0.2, 0.25) is 5.02 Å². The fraction of sp³-hybridized carbons (Fsp3) is 0.111. The summed E-state index contributed by atoms with van der Waals surface area (Å²) in [4.78, 5) is 0.167. The molecule has 0 bridgehead atoms. The highest BCUT2D eigenvalue weighted by atomic mass is 35.5. The van der Waals surface area contributed by atoms with E-state index < -0.39 is 10.0 Å². The van der Waals surface area contributed by atoms with Gasteiger partial charge in [-0.15, -0.1) is 6.58 Å². The molecule has 0 atom stereocenters. The van der Waals surface area contributed by atoms with E-state index in [0.717, 1.165) is 0 Å². The topological polar surface area (TPSA) is 46.6 Å². The van der Waals surface area contributed by atoms with Gasteiger partial charge in [0.15, 0.2) is 0 Å². The van der Waals surface area contributed by atoms with Crippen LogP contribution < -0.4 is 9.04 Å². The molecule has 0 fully saturated rings. The molecule has 0 spiro atoms. The van der Waals surface area contributed by atoms with Gasteiger partial charge in [0, 0.05) is 5.02 Å². The van der Waals surface area contributed by atoms with Crippen molar-refractivity contribution in [3.63, 3.8) is 0 Å². The molecule has 0 N–H and O–H groups in total. The number of hydrogen-bond acceptors (Lipinski definition) is 3. The lowest BCUT2D eigenvalue weighted by molar-refractivity contribution is 0.363. The molecule has 24 heavy (non-hydrogen) atoms. The van der Waals surface area contributed by atoms with Crippen molar-refractivity contribution in [2.24, 2.45) is 0 Å². The molecule has 126 valence electrons. The van der Waals surface area contributed by atoms with Gasteiger partial charge in [0.05, 0.1) is 17.1 Å². The Labute approximate surface area is 147 Å².